The third kappa shape index (κ3) is 4.86. The molecule has 0 heterocycles. The van der Waals surface area contributed by atoms with Gasteiger partial charge in [-0.3, -0.25) is 0 Å². The number of hydrogen-bond acceptors (Lipinski definition) is 3. The van der Waals surface area contributed by atoms with Gasteiger partial charge in [0.15, 0.2) is 11.6 Å². The van der Waals surface area contributed by atoms with Gasteiger partial charge in [0.1, 0.15) is 23.9 Å². The Hall–Kier alpha value is -3.77. The predicted molar refractivity (Wildman–Crippen MR) is 120 cm³/mol. The standard InChI is InChI=1S/C27H21F3O3/c1-32-22-11-13-23(25(28)14-22)18-6-9-21(10-7-18)33-16-20-8-12-24(27(30)26(20)29)19-4-2-17(15-31)3-5-19/h2-14,31H,15-16H2,1H3. The Balaban J connectivity index is 1.47. The van der Waals surface area contributed by atoms with Gasteiger partial charge in [-0.05, 0) is 41.0 Å². The van der Waals surface area contributed by atoms with Gasteiger partial charge in [-0.15, -0.1) is 0 Å². The Morgan fingerprint density at radius 2 is 1.30 bits per heavy atom. The zero-order chi connectivity index (χ0) is 23.4. The largest absolute Gasteiger partial charge is 0.497 e. The lowest BCUT2D eigenvalue weighted by Crippen LogP contribution is -2.02. The third-order valence-electron chi connectivity index (χ3n) is 5.35. The molecule has 0 radical (unpaired) electrons. The van der Waals surface area contributed by atoms with E-state index in [0.29, 0.717) is 33.8 Å². The maximum atomic E-state index is 14.7. The van der Waals surface area contributed by atoms with Crippen LogP contribution >= 0.6 is 0 Å². The molecule has 3 nitrogen and oxygen atoms in total. The lowest BCUT2D eigenvalue weighted by atomic mass is 10.0. The minimum atomic E-state index is -0.976. The summed E-state index contributed by atoms with van der Waals surface area (Å²) in [6.07, 6.45) is 0. The molecule has 0 spiro atoms. The molecule has 0 unspecified atom stereocenters. The van der Waals surface area contributed by atoms with E-state index in [2.05, 4.69) is 0 Å². The SMILES string of the molecule is COc1ccc(-c2ccc(OCc3ccc(-c4ccc(CO)cc4)c(F)c3F)cc2)c(F)c1. The third-order valence-corrected chi connectivity index (χ3v) is 5.35. The summed E-state index contributed by atoms with van der Waals surface area (Å²) in [6.45, 7) is -0.286. The second-order valence-corrected chi connectivity index (χ2v) is 7.41. The first-order valence-corrected chi connectivity index (χ1v) is 10.2. The van der Waals surface area contributed by atoms with Crippen LogP contribution in [0.4, 0.5) is 13.2 Å². The first kappa shape index (κ1) is 22.4. The van der Waals surface area contributed by atoms with Gasteiger partial charge in [0.25, 0.3) is 0 Å². The Kier molecular flexibility index (Phi) is 6.66. The van der Waals surface area contributed by atoms with E-state index in [1.165, 1.54) is 25.3 Å². The number of methoxy groups -OCH3 is 1. The molecule has 168 valence electrons. The zero-order valence-electron chi connectivity index (χ0n) is 17.8. The number of benzene rings is 4. The highest BCUT2D eigenvalue weighted by atomic mass is 19.2. The smallest absolute Gasteiger partial charge is 0.167 e. The van der Waals surface area contributed by atoms with E-state index in [4.69, 9.17) is 14.6 Å². The van der Waals surface area contributed by atoms with Gasteiger partial charge >= 0.3 is 0 Å². The Labute approximate surface area is 189 Å². The minimum Gasteiger partial charge on any atom is -0.497 e. The number of aliphatic hydroxyl groups is 1. The van der Waals surface area contributed by atoms with Crippen LogP contribution in [0.25, 0.3) is 22.3 Å². The second-order valence-electron chi connectivity index (χ2n) is 7.41. The van der Waals surface area contributed by atoms with Crippen molar-refractivity contribution >= 4 is 0 Å². The molecule has 0 saturated carbocycles. The molecule has 0 atom stereocenters. The van der Waals surface area contributed by atoms with Crippen LogP contribution in [0.15, 0.2) is 78.9 Å². The van der Waals surface area contributed by atoms with Crippen LogP contribution in [0.3, 0.4) is 0 Å². The molecule has 0 amide bonds. The summed E-state index contributed by atoms with van der Waals surface area (Å²) in [6, 6.07) is 20.8. The highest BCUT2D eigenvalue weighted by molar-refractivity contribution is 5.66. The Morgan fingerprint density at radius 1 is 0.697 bits per heavy atom. The van der Waals surface area contributed by atoms with Crippen molar-refractivity contribution in [3.8, 4) is 33.8 Å². The van der Waals surface area contributed by atoms with Crippen molar-refractivity contribution in [3.05, 3.63) is 107 Å². The summed E-state index contributed by atoms with van der Waals surface area (Å²) in [5, 5.41) is 9.12. The second kappa shape index (κ2) is 9.79. The zero-order valence-corrected chi connectivity index (χ0v) is 17.8. The molecule has 4 rings (SSSR count). The van der Waals surface area contributed by atoms with Gasteiger partial charge in [0, 0.05) is 22.8 Å². The molecule has 0 bridgehead atoms. The molecule has 0 aliphatic heterocycles. The maximum absolute atomic E-state index is 14.7. The summed E-state index contributed by atoms with van der Waals surface area (Å²) in [7, 11) is 1.47. The fourth-order valence-electron chi connectivity index (χ4n) is 3.46. The number of rotatable bonds is 7. The Bertz CT molecular complexity index is 1250. The average molecular weight is 450 g/mol. The van der Waals surface area contributed by atoms with Crippen LogP contribution < -0.4 is 9.47 Å². The molecule has 33 heavy (non-hydrogen) atoms. The van der Waals surface area contributed by atoms with Crippen LogP contribution in [0.1, 0.15) is 11.1 Å². The van der Waals surface area contributed by atoms with Gasteiger partial charge in [0.05, 0.1) is 13.7 Å². The molecular formula is C27H21F3O3. The van der Waals surface area contributed by atoms with Crippen molar-refractivity contribution in [2.24, 2.45) is 0 Å². The first-order chi connectivity index (χ1) is 16.0. The van der Waals surface area contributed by atoms with E-state index in [1.54, 1.807) is 60.7 Å². The monoisotopic (exact) mass is 450 g/mol. The average Bonchev–Trinajstić information content (AvgIpc) is 2.85. The van der Waals surface area contributed by atoms with Gasteiger partial charge < -0.3 is 14.6 Å². The molecule has 0 aliphatic carbocycles. The molecule has 0 aliphatic rings. The summed E-state index contributed by atoms with van der Waals surface area (Å²) in [4.78, 5) is 0. The van der Waals surface area contributed by atoms with Crippen molar-refractivity contribution in [3.63, 3.8) is 0 Å². The van der Waals surface area contributed by atoms with E-state index >= 15 is 0 Å². The summed E-state index contributed by atoms with van der Waals surface area (Å²) in [5.74, 6) is -1.48. The minimum absolute atomic E-state index is 0.0773. The molecular weight excluding hydrogens is 429 g/mol. The highest BCUT2D eigenvalue weighted by Crippen LogP contribution is 2.29. The molecule has 1 N–H and O–H groups in total. The number of ether oxygens (including phenoxy) is 2. The fraction of sp³-hybridized carbons (Fsp3) is 0.111. The van der Waals surface area contributed by atoms with E-state index in [-0.39, 0.29) is 24.3 Å². The quantitative estimate of drug-likeness (QED) is 0.349. The van der Waals surface area contributed by atoms with E-state index in [9.17, 15) is 13.2 Å². The molecule has 4 aromatic carbocycles. The van der Waals surface area contributed by atoms with Crippen LogP contribution in [0.2, 0.25) is 0 Å². The Morgan fingerprint density at radius 3 is 1.94 bits per heavy atom. The number of aliphatic hydroxyl groups excluding tert-OH is 1. The van der Waals surface area contributed by atoms with Gasteiger partial charge in [-0.25, -0.2) is 13.2 Å². The topological polar surface area (TPSA) is 38.7 Å². The lowest BCUT2D eigenvalue weighted by molar-refractivity contribution is 0.282. The van der Waals surface area contributed by atoms with Crippen LogP contribution in [-0.4, -0.2) is 12.2 Å². The van der Waals surface area contributed by atoms with Crippen LogP contribution in [0.5, 0.6) is 11.5 Å². The van der Waals surface area contributed by atoms with Gasteiger partial charge in [-0.2, -0.15) is 0 Å². The molecule has 6 heteroatoms. The van der Waals surface area contributed by atoms with Crippen molar-refractivity contribution in [1.29, 1.82) is 0 Å². The van der Waals surface area contributed by atoms with Crippen molar-refractivity contribution in [2.75, 3.05) is 7.11 Å². The fourth-order valence-corrected chi connectivity index (χ4v) is 3.46. The molecule has 4 aromatic rings. The number of halogens is 3. The lowest BCUT2D eigenvalue weighted by Gasteiger charge is -2.11. The first-order valence-electron chi connectivity index (χ1n) is 10.2. The van der Waals surface area contributed by atoms with Gasteiger partial charge in [-0.1, -0.05) is 48.5 Å². The number of hydrogen-bond donors (Lipinski definition) is 1. The van der Waals surface area contributed by atoms with E-state index in [0.717, 1.165) is 0 Å². The molecule has 0 fully saturated rings. The van der Waals surface area contributed by atoms with Crippen LogP contribution in [0, 0.1) is 17.5 Å². The highest BCUT2D eigenvalue weighted by Gasteiger charge is 2.15. The van der Waals surface area contributed by atoms with Crippen molar-refractivity contribution in [1.82, 2.24) is 0 Å². The van der Waals surface area contributed by atoms with Crippen molar-refractivity contribution < 1.29 is 27.8 Å². The van der Waals surface area contributed by atoms with Gasteiger partial charge in [0.2, 0.25) is 0 Å². The maximum Gasteiger partial charge on any atom is 0.167 e. The molecule has 0 aromatic heterocycles. The molecule has 0 saturated heterocycles. The van der Waals surface area contributed by atoms with E-state index in [1.807, 2.05) is 0 Å². The summed E-state index contributed by atoms with van der Waals surface area (Å²) < 4.78 is 54.2. The normalized spacial score (nSPS) is 10.8. The summed E-state index contributed by atoms with van der Waals surface area (Å²) in [5.41, 5.74) is 2.47. The predicted octanol–water partition coefficient (Wildman–Crippen LogP) is 6.52. The van der Waals surface area contributed by atoms with Crippen LogP contribution in [-0.2, 0) is 13.2 Å². The van der Waals surface area contributed by atoms with Crippen molar-refractivity contribution in [2.45, 2.75) is 13.2 Å². The summed E-state index contributed by atoms with van der Waals surface area (Å²) >= 11 is 0. The van der Waals surface area contributed by atoms with E-state index < -0.39 is 17.5 Å².